The fourth-order valence-corrected chi connectivity index (χ4v) is 2.07. The van der Waals surface area contributed by atoms with Crippen molar-refractivity contribution in [1.82, 2.24) is 0 Å². The predicted molar refractivity (Wildman–Crippen MR) is 80.9 cm³/mol. The fraction of sp³-hybridized carbons (Fsp3) is 0.235. The van der Waals surface area contributed by atoms with Crippen molar-refractivity contribution in [3.8, 4) is 0 Å². The summed E-state index contributed by atoms with van der Waals surface area (Å²) in [6.45, 7) is 2.88. The molecule has 2 aromatic carbocycles. The fourth-order valence-electron chi connectivity index (χ4n) is 2.07. The van der Waals surface area contributed by atoms with Gasteiger partial charge in [-0.15, -0.1) is 0 Å². The highest BCUT2D eigenvalue weighted by molar-refractivity contribution is 5.89. The highest BCUT2D eigenvalue weighted by Crippen LogP contribution is 2.16. The zero-order valence-corrected chi connectivity index (χ0v) is 11.8. The molecule has 0 radical (unpaired) electrons. The van der Waals surface area contributed by atoms with E-state index < -0.39 is 0 Å². The maximum atomic E-state index is 11.3. The first-order valence-electron chi connectivity index (χ1n) is 6.73. The minimum Gasteiger partial charge on any atom is -0.465 e. The van der Waals surface area contributed by atoms with E-state index in [1.165, 1.54) is 12.7 Å². The molecule has 0 aromatic heterocycles. The molecule has 3 heteroatoms. The summed E-state index contributed by atoms with van der Waals surface area (Å²) in [5.74, 6) is -0.305. The number of carbonyl (C=O) groups excluding carboxylic acids is 1. The van der Waals surface area contributed by atoms with Crippen LogP contribution in [0.5, 0.6) is 0 Å². The van der Waals surface area contributed by atoms with Crippen LogP contribution in [0.25, 0.3) is 0 Å². The molecule has 0 amide bonds. The summed E-state index contributed by atoms with van der Waals surface area (Å²) in [4.78, 5) is 11.3. The lowest BCUT2D eigenvalue weighted by Crippen LogP contribution is -2.04. The van der Waals surface area contributed by atoms with Crippen LogP contribution in [0.4, 0.5) is 5.69 Å². The van der Waals surface area contributed by atoms with E-state index in [9.17, 15) is 4.79 Å². The van der Waals surface area contributed by atoms with Crippen molar-refractivity contribution in [3.63, 3.8) is 0 Å². The highest BCUT2D eigenvalue weighted by Gasteiger charge is 2.04. The van der Waals surface area contributed by atoms with Crippen LogP contribution in [-0.2, 0) is 17.7 Å². The van der Waals surface area contributed by atoms with Crippen LogP contribution in [0, 0.1) is 0 Å². The molecular formula is C17H19NO2. The number of hydrogen-bond donors (Lipinski definition) is 1. The van der Waals surface area contributed by atoms with Gasteiger partial charge in [-0.05, 0) is 35.7 Å². The van der Waals surface area contributed by atoms with Crippen LogP contribution < -0.4 is 5.32 Å². The normalized spacial score (nSPS) is 10.1. The van der Waals surface area contributed by atoms with Crippen molar-refractivity contribution in [2.75, 3.05) is 12.4 Å². The third kappa shape index (κ3) is 3.38. The molecule has 0 heterocycles. The Hall–Kier alpha value is -2.29. The number of para-hydroxylation sites is 1. The van der Waals surface area contributed by atoms with Gasteiger partial charge in [-0.1, -0.05) is 37.3 Å². The Morgan fingerprint density at radius 2 is 1.80 bits per heavy atom. The monoisotopic (exact) mass is 269 g/mol. The van der Waals surface area contributed by atoms with E-state index >= 15 is 0 Å². The summed E-state index contributed by atoms with van der Waals surface area (Å²) >= 11 is 0. The van der Waals surface area contributed by atoms with Gasteiger partial charge in [0.25, 0.3) is 0 Å². The Labute approximate surface area is 119 Å². The Morgan fingerprint density at radius 3 is 2.45 bits per heavy atom. The number of ether oxygens (including phenoxy) is 1. The second-order valence-electron chi connectivity index (χ2n) is 4.55. The lowest BCUT2D eigenvalue weighted by Gasteiger charge is -2.11. The number of hydrogen-bond acceptors (Lipinski definition) is 3. The number of carbonyl (C=O) groups is 1. The smallest absolute Gasteiger partial charge is 0.337 e. The first-order valence-corrected chi connectivity index (χ1v) is 6.73. The molecule has 0 unspecified atom stereocenters. The lowest BCUT2D eigenvalue weighted by atomic mass is 10.1. The maximum absolute atomic E-state index is 11.3. The van der Waals surface area contributed by atoms with Crippen LogP contribution in [0.2, 0.25) is 0 Å². The van der Waals surface area contributed by atoms with Gasteiger partial charge in [0.2, 0.25) is 0 Å². The SMILES string of the molecule is CCc1ccccc1NCc1ccc(C(=O)OC)cc1. The van der Waals surface area contributed by atoms with Gasteiger partial charge in [-0.3, -0.25) is 0 Å². The van der Waals surface area contributed by atoms with E-state index in [1.807, 2.05) is 18.2 Å². The van der Waals surface area contributed by atoms with Gasteiger partial charge in [0.05, 0.1) is 12.7 Å². The molecule has 2 rings (SSSR count). The standard InChI is InChI=1S/C17H19NO2/c1-3-14-6-4-5-7-16(14)18-12-13-8-10-15(11-9-13)17(19)20-2/h4-11,18H,3,12H2,1-2H3. The first kappa shape index (κ1) is 14.1. The zero-order chi connectivity index (χ0) is 14.4. The van der Waals surface area contributed by atoms with E-state index in [-0.39, 0.29) is 5.97 Å². The van der Waals surface area contributed by atoms with Crippen LogP contribution >= 0.6 is 0 Å². The van der Waals surface area contributed by atoms with E-state index in [0.29, 0.717) is 5.56 Å². The predicted octanol–water partition coefficient (Wildman–Crippen LogP) is 3.65. The first-order chi connectivity index (χ1) is 9.74. The lowest BCUT2D eigenvalue weighted by molar-refractivity contribution is 0.0600. The second-order valence-corrected chi connectivity index (χ2v) is 4.55. The van der Waals surface area contributed by atoms with Gasteiger partial charge >= 0.3 is 5.97 Å². The van der Waals surface area contributed by atoms with Crippen molar-refractivity contribution in [2.24, 2.45) is 0 Å². The number of benzene rings is 2. The average Bonchev–Trinajstić information content (AvgIpc) is 2.53. The summed E-state index contributed by atoms with van der Waals surface area (Å²) in [5.41, 5.74) is 4.17. The summed E-state index contributed by atoms with van der Waals surface area (Å²) in [7, 11) is 1.39. The average molecular weight is 269 g/mol. The van der Waals surface area contributed by atoms with Crippen LogP contribution in [0.3, 0.4) is 0 Å². The minimum atomic E-state index is -0.305. The molecular weight excluding hydrogens is 250 g/mol. The molecule has 0 saturated heterocycles. The topological polar surface area (TPSA) is 38.3 Å². The van der Waals surface area contributed by atoms with Crippen LogP contribution in [0.15, 0.2) is 48.5 Å². The van der Waals surface area contributed by atoms with Crippen molar-refractivity contribution in [2.45, 2.75) is 19.9 Å². The van der Waals surface area contributed by atoms with E-state index in [2.05, 4.69) is 35.2 Å². The quantitative estimate of drug-likeness (QED) is 0.842. The zero-order valence-electron chi connectivity index (χ0n) is 11.8. The van der Waals surface area contributed by atoms with Crippen molar-refractivity contribution < 1.29 is 9.53 Å². The Balaban J connectivity index is 2.02. The third-order valence-electron chi connectivity index (χ3n) is 3.26. The van der Waals surface area contributed by atoms with Crippen molar-refractivity contribution in [1.29, 1.82) is 0 Å². The molecule has 0 atom stereocenters. The van der Waals surface area contributed by atoms with E-state index in [4.69, 9.17) is 0 Å². The van der Waals surface area contributed by atoms with Crippen molar-refractivity contribution in [3.05, 3.63) is 65.2 Å². The molecule has 0 aliphatic heterocycles. The molecule has 0 aliphatic rings. The van der Waals surface area contributed by atoms with Gasteiger partial charge in [0, 0.05) is 12.2 Å². The van der Waals surface area contributed by atoms with Crippen LogP contribution in [0.1, 0.15) is 28.4 Å². The third-order valence-corrected chi connectivity index (χ3v) is 3.26. The Morgan fingerprint density at radius 1 is 1.10 bits per heavy atom. The molecule has 20 heavy (non-hydrogen) atoms. The number of rotatable bonds is 5. The number of nitrogens with one attached hydrogen (secondary N) is 1. The van der Waals surface area contributed by atoms with Gasteiger partial charge < -0.3 is 10.1 Å². The second kappa shape index (κ2) is 6.75. The van der Waals surface area contributed by atoms with Gasteiger partial charge in [0.15, 0.2) is 0 Å². The number of methoxy groups -OCH3 is 1. The van der Waals surface area contributed by atoms with E-state index in [1.54, 1.807) is 12.1 Å². The highest BCUT2D eigenvalue weighted by atomic mass is 16.5. The number of aryl methyl sites for hydroxylation is 1. The summed E-state index contributed by atoms with van der Waals surface area (Å²) in [5, 5.41) is 3.43. The Kier molecular flexibility index (Phi) is 4.77. The molecule has 3 nitrogen and oxygen atoms in total. The van der Waals surface area contributed by atoms with E-state index in [0.717, 1.165) is 24.2 Å². The van der Waals surface area contributed by atoms with Gasteiger partial charge in [-0.25, -0.2) is 4.79 Å². The van der Waals surface area contributed by atoms with Gasteiger partial charge in [0.1, 0.15) is 0 Å². The molecule has 0 bridgehead atoms. The summed E-state index contributed by atoms with van der Waals surface area (Å²) < 4.78 is 4.68. The summed E-state index contributed by atoms with van der Waals surface area (Å²) in [6.07, 6.45) is 1.00. The molecule has 1 N–H and O–H groups in total. The largest absolute Gasteiger partial charge is 0.465 e. The maximum Gasteiger partial charge on any atom is 0.337 e. The van der Waals surface area contributed by atoms with Crippen molar-refractivity contribution >= 4 is 11.7 Å². The molecule has 0 aliphatic carbocycles. The molecule has 2 aromatic rings. The minimum absolute atomic E-state index is 0.305. The molecule has 0 spiro atoms. The number of anilines is 1. The number of esters is 1. The molecule has 0 fully saturated rings. The molecule has 104 valence electrons. The summed E-state index contributed by atoms with van der Waals surface area (Å²) in [6, 6.07) is 15.7. The van der Waals surface area contributed by atoms with Crippen LogP contribution in [-0.4, -0.2) is 13.1 Å². The Bertz CT molecular complexity index is 576. The molecule has 0 saturated carbocycles. The van der Waals surface area contributed by atoms with Gasteiger partial charge in [-0.2, -0.15) is 0 Å².